The largest absolute Gasteiger partial charge is 0.362 e. The van der Waals surface area contributed by atoms with Gasteiger partial charge in [0.25, 0.3) is 0 Å². The average Bonchev–Trinajstić information content (AvgIpc) is 2.74. The highest BCUT2D eigenvalue weighted by atomic mass is 35.5. The average molecular weight is 343 g/mol. The van der Waals surface area contributed by atoms with Gasteiger partial charge in [-0.1, -0.05) is 29.3 Å². The van der Waals surface area contributed by atoms with Crippen molar-refractivity contribution < 1.29 is 0 Å². The molecule has 0 aliphatic carbocycles. The lowest BCUT2D eigenvalue weighted by Crippen LogP contribution is -2.29. The van der Waals surface area contributed by atoms with E-state index in [1.807, 2.05) is 42.1 Å². The summed E-state index contributed by atoms with van der Waals surface area (Å²) in [5, 5.41) is 12.5. The van der Waals surface area contributed by atoms with E-state index in [0.717, 1.165) is 30.9 Å². The van der Waals surface area contributed by atoms with Crippen molar-refractivity contribution in [2.75, 3.05) is 11.9 Å². The van der Waals surface area contributed by atoms with Crippen LogP contribution in [0, 0.1) is 6.92 Å². The molecule has 112 valence electrons. The Labute approximate surface area is 139 Å². The second-order valence-electron chi connectivity index (χ2n) is 4.57. The maximum absolute atomic E-state index is 5.96. The second kappa shape index (κ2) is 7.64. The number of halogens is 2. The molecule has 0 fully saturated rings. The number of anilines is 1. The van der Waals surface area contributed by atoms with Crippen molar-refractivity contribution in [1.29, 1.82) is 0 Å². The van der Waals surface area contributed by atoms with Gasteiger partial charge in [0.1, 0.15) is 0 Å². The van der Waals surface area contributed by atoms with Crippen molar-refractivity contribution in [1.82, 2.24) is 15.1 Å². The van der Waals surface area contributed by atoms with E-state index < -0.39 is 0 Å². The van der Waals surface area contributed by atoms with Crippen LogP contribution in [0.5, 0.6) is 0 Å². The Morgan fingerprint density at radius 1 is 1.38 bits per heavy atom. The molecule has 2 rings (SSSR count). The van der Waals surface area contributed by atoms with Gasteiger partial charge >= 0.3 is 0 Å². The number of thiocarbonyl (C=S) groups is 1. The van der Waals surface area contributed by atoms with Crippen LogP contribution in [0.25, 0.3) is 0 Å². The van der Waals surface area contributed by atoms with E-state index in [2.05, 4.69) is 15.7 Å². The second-order valence-corrected chi connectivity index (χ2v) is 5.82. The molecule has 0 aliphatic rings. The maximum Gasteiger partial charge on any atom is 0.170 e. The Hall–Kier alpha value is -1.30. The van der Waals surface area contributed by atoms with Crippen molar-refractivity contribution in [3.05, 3.63) is 46.2 Å². The Kier molecular flexibility index (Phi) is 5.85. The van der Waals surface area contributed by atoms with E-state index in [-0.39, 0.29) is 0 Å². The molecule has 4 nitrogen and oxygen atoms in total. The number of aryl methyl sites for hydroxylation is 2. The van der Waals surface area contributed by atoms with Crippen molar-refractivity contribution in [2.24, 2.45) is 0 Å². The summed E-state index contributed by atoms with van der Waals surface area (Å²) in [5.41, 5.74) is 1.72. The number of hydrogen-bond acceptors (Lipinski definition) is 2. The predicted octanol–water partition coefficient (Wildman–Crippen LogP) is 3.88. The Morgan fingerprint density at radius 3 is 2.86 bits per heavy atom. The fourth-order valence-corrected chi connectivity index (χ4v) is 2.35. The summed E-state index contributed by atoms with van der Waals surface area (Å²) in [5.74, 6) is 0. The zero-order chi connectivity index (χ0) is 15.2. The molecule has 2 N–H and O–H groups in total. The molecule has 0 atom stereocenters. The van der Waals surface area contributed by atoms with Crippen LogP contribution in [0.2, 0.25) is 10.0 Å². The molecule has 1 aromatic heterocycles. The highest BCUT2D eigenvalue weighted by Crippen LogP contribution is 2.14. The van der Waals surface area contributed by atoms with Gasteiger partial charge in [0.05, 0.1) is 10.7 Å². The van der Waals surface area contributed by atoms with E-state index in [0.29, 0.717) is 15.2 Å². The molecule has 0 radical (unpaired) electrons. The molecule has 7 heteroatoms. The maximum atomic E-state index is 5.96. The summed E-state index contributed by atoms with van der Waals surface area (Å²) >= 11 is 17.1. The standard InChI is InChI=1S/C14H16Cl2N4S/c1-10-13(16)9-20(19-10)7-3-6-17-14(21)18-12-5-2-4-11(15)8-12/h2,4-5,8-9H,3,6-7H2,1H3,(H2,17,18,21). The number of hydrogen-bond donors (Lipinski definition) is 2. The van der Waals surface area contributed by atoms with Gasteiger partial charge < -0.3 is 10.6 Å². The zero-order valence-electron chi connectivity index (χ0n) is 11.6. The molecule has 0 saturated heterocycles. The quantitative estimate of drug-likeness (QED) is 0.639. The zero-order valence-corrected chi connectivity index (χ0v) is 13.9. The SMILES string of the molecule is Cc1nn(CCCNC(=S)Nc2cccc(Cl)c2)cc1Cl. The van der Waals surface area contributed by atoms with Crippen LogP contribution in [-0.4, -0.2) is 21.4 Å². The van der Waals surface area contributed by atoms with Crippen LogP contribution < -0.4 is 10.6 Å². The van der Waals surface area contributed by atoms with Gasteiger partial charge in [0, 0.05) is 30.0 Å². The van der Waals surface area contributed by atoms with Crippen molar-refractivity contribution in [2.45, 2.75) is 19.9 Å². The van der Waals surface area contributed by atoms with Crippen LogP contribution in [0.3, 0.4) is 0 Å². The lowest BCUT2D eigenvalue weighted by atomic mass is 10.3. The molecule has 21 heavy (non-hydrogen) atoms. The lowest BCUT2D eigenvalue weighted by molar-refractivity contribution is 0.570. The molecule has 0 spiro atoms. The minimum Gasteiger partial charge on any atom is -0.362 e. The van der Waals surface area contributed by atoms with Gasteiger partial charge in [-0.15, -0.1) is 0 Å². The molecular formula is C14H16Cl2N4S. The van der Waals surface area contributed by atoms with Gasteiger partial charge in [-0.3, -0.25) is 4.68 Å². The first-order valence-corrected chi connectivity index (χ1v) is 7.71. The Balaban J connectivity index is 1.70. The first-order chi connectivity index (χ1) is 10.0. The summed E-state index contributed by atoms with van der Waals surface area (Å²) in [6.07, 6.45) is 2.73. The third-order valence-corrected chi connectivity index (χ3v) is 3.67. The number of nitrogens with zero attached hydrogens (tertiary/aromatic N) is 2. The van der Waals surface area contributed by atoms with Crippen LogP contribution >= 0.6 is 35.4 Å². The lowest BCUT2D eigenvalue weighted by Gasteiger charge is -2.10. The number of rotatable bonds is 5. The third-order valence-electron chi connectivity index (χ3n) is 2.82. The predicted molar refractivity (Wildman–Crippen MR) is 92.3 cm³/mol. The first kappa shape index (κ1) is 16.1. The van der Waals surface area contributed by atoms with Crippen LogP contribution in [-0.2, 0) is 6.54 Å². The number of benzene rings is 1. The van der Waals surface area contributed by atoms with E-state index in [9.17, 15) is 0 Å². The Bertz CT molecular complexity index is 608. The molecule has 2 aromatic rings. The molecule has 0 saturated carbocycles. The van der Waals surface area contributed by atoms with Crippen LogP contribution in [0.1, 0.15) is 12.1 Å². The van der Waals surface area contributed by atoms with Gasteiger partial charge in [-0.25, -0.2) is 0 Å². The summed E-state index contributed by atoms with van der Waals surface area (Å²) in [6.45, 7) is 3.43. The monoisotopic (exact) mass is 342 g/mol. The van der Waals surface area contributed by atoms with Gasteiger partial charge in [-0.2, -0.15) is 5.10 Å². The first-order valence-electron chi connectivity index (χ1n) is 6.54. The normalized spacial score (nSPS) is 10.4. The van der Waals surface area contributed by atoms with Crippen LogP contribution in [0.4, 0.5) is 5.69 Å². The van der Waals surface area contributed by atoms with E-state index in [1.54, 1.807) is 0 Å². The fraction of sp³-hybridized carbons (Fsp3) is 0.286. The third kappa shape index (κ3) is 5.19. The van der Waals surface area contributed by atoms with E-state index >= 15 is 0 Å². The molecule has 0 aliphatic heterocycles. The molecule has 0 unspecified atom stereocenters. The number of nitrogens with one attached hydrogen (secondary N) is 2. The van der Waals surface area contributed by atoms with Gasteiger partial charge in [0.2, 0.25) is 0 Å². The van der Waals surface area contributed by atoms with E-state index in [4.69, 9.17) is 35.4 Å². The number of aromatic nitrogens is 2. The summed E-state index contributed by atoms with van der Waals surface area (Å²) in [6, 6.07) is 7.43. The highest BCUT2D eigenvalue weighted by Gasteiger charge is 2.02. The van der Waals surface area contributed by atoms with Crippen LogP contribution in [0.15, 0.2) is 30.5 Å². The molecule has 1 aromatic carbocycles. The fourth-order valence-electron chi connectivity index (χ4n) is 1.79. The van der Waals surface area contributed by atoms with Gasteiger partial charge in [0.15, 0.2) is 5.11 Å². The van der Waals surface area contributed by atoms with Crippen molar-refractivity contribution in [3.8, 4) is 0 Å². The Morgan fingerprint density at radius 2 is 2.19 bits per heavy atom. The molecule has 0 bridgehead atoms. The summed E-state index contributed by atoms with van der Waals surface area (Å²) in [4.78, 5) is 0. The topological polar surface area (TPSA) is 41.9 Å². The molecule has 1 heterocycles. The van der Waals surface area contributed by atoms with E-state index in [1.165, 1.54) is 0 Å². The summed E-state index contributed by atoms with van der Waals surface area (Å²) < 4.78 is 1.84. The smallest absolute Gasteiger partial charge is 0.170 e. The molecule has 0 amide bonds. The van der Waals surface area contributed by atoms with Crippen molar-refractivity contribution >= 4 is 46.2 Å². The van der Waals surface area contributed by atoms with Crippen molar-refractivity contribution in [3.63, 3.8) is 0 Å². The minimum atomic E-state index is 0.576. The summed E-state index contributed by atoms with van der Waals surface area (Å²) in [7, 11) is 0. The minimum absolute atomic E-state index is 0.576. The highest BCUT2D eigenvalue weighted by molar-refractivity contribution is 7.80. The molecular weight excluding hydrogens is 327 g/mol. The van der Waals surface area contributed by atoms with Gasteiger partial charge in [-0.05, 0) is 43.8 Å².